The molecule has 0 bridgehead atoms. The number of amides is 1. The van der Waals surface area contributed by atoms with Crippen LogP contribution in [-0.4, -0.2) is 60.5 Å². The van der Waals surface area contributed by atoms with Crippen LogP contribution in [0.1, 0.15) is 0 Å². The fraction of sp³-hybridized carbons (Fsp3) is 0.300. The molecule has 156 valence electrons. The highest BCUT2D eigenvalue weighted by Gasteiger charge is 2.22. The summed E-state index contributed by atoms with van der Waals surface area (Å²) < 4.78 is 5.92. The number of hydrogen-bond donors (Lipinski definition) is 1. The molecule has 1 aromatic heterocycles. The van der Waals surface area contributed by atoms with Crippen LogP contribution in [0.3, 0.4) is 0 Å². The van der Waals surface area contributed by atoms with Crippen molar-refractivity contribution in [2.24, 2.45) is 0 Å². The SMILES string of the molecule is COc1ccc(NC(=O)CN2CCN(c3nc4ccc([N+](=O)[O-])cc4s3)CC2)cc1. The van der Waals surface area contributed by atoms with Crippen molar-refractivity contribution in [3.05, 3.63) is 52.6 Å². The highest BCUT2D eigenvalue weighted by Crippen LogP contribution is 2.31. The number of piperazine rings is 1. The zero-order valence-corrected chi connectivity index (χ0v) is 17.2. The molecule has 10 heteroatoms. The van der Waals surface area contributed by atoms with E-state index in [4.69, 9.17) is 4.74 Å². The third-order valence-electron chi connectivity index (χ3n) is 4.96. The molecule has 2 heterocycles. The number of thiazole rings is 1. The highest BCUT2D eigenvalue weighted by atomic mass is 32.1. The molecule has 3 aromatic rings. The maximum Gasteiger partial charge on any atom is 0.270 e. The number of methoxy groups -OCH3 is 1. The maximum atomic E-state index is 12.3. The van der Waals surface area contributed by atoms with Crippen LogP contribution in [0.25, 0.3) is 10.2 Å². The lowest BCUT2D eigenvalue weighted by molar-refractivity contribution is -0.384. The lowest BCUT2D eigenvalue weighted by atomic mass is 10.3. The summed E-state index contributed by atoms with van der Waals surface area (Å²) in [6.45, 7) is 3.31. The molecule has 0 radical (unpaired) electrons. The third-order valence-corrected chi connectivity index (χ3v) is 6.03. The van der Waals surface area contributed by atoms with Crippen LogP contribution < -0.4 is 15.0 Å². The summed E-state index contributed by atoms with van der Waals surface area (Å²) in [5, 5.41) is 14.7. The van der Waals surface area contributed by atoms with Crippen LogP contribution >= 0.6 is 11.3 Å². The third kappa shape index (κ3) is 4.50. The van der Waals surface area contributed by atoms with Gasteiger partial charge < -0.3 is 15.0 Å². The van der Waals surface area contributed by atoms with Gasteiger partial charge >= 0.3 is 0 Å². The van der Waals surface area contributed by atoms with E-state index in [1.54, 1.807) is 31.4 Å². The Hall–Kier alpha value is -3.24. The number of carbonyl (C=O) groups is 1. The second-order valence-corrected chi connectivity index (χ2v) is 7.95. The lowest BCUT2D eigenvalue weighted by Crippen LogP contribution is -2.48. The summed E-state index contributed by atoms with van der Waals surface area (Å²) in [7, 11) is 1.60. The van der Waals surface area contributed by atoms with Crippen molar-refractivity contribution in [2.45, 2.75) is 0 Å². The Bertz CT molecular complexity index is 1060. The van der Waals surface area contributed by atoms with Crippen LogP contribution in [-0.2, 0) is 4.79 Å². The van der Waals surface area contributed by atoms with Gasteiger partial charge in [0.25, 0.3) is 5.69 Å². The molecule has 1 N–H and O–H groups in total. The smallest absolute Gasteiger partial charge is 0.270 e. The number of rotatable bonds is 6. The molecule has 0 saturated carbocycles. The van der Waals surface area contributed by atoms with Gasteiger partial charge in [0.2, 0.25) is 5.91 Å². The number of hydrogen-bond acceptors (Lipinski definition) is 8. The Labute approximate surface area is 177 Å². The predicted octanol–water partition coefficient (Wildman–Crippen LogP) is 2.97. The molecule has 30 heavy (non-hydrogen) atoms. The molecule has 0 atom stereocenters. The Morgan fingerprint density at radius 3 is 2.60 bits per heavy atom. The molecular formula is C20H21N5O4S. The molecule has 1 aliphatic rings. The van der Waals surface area contributed by atoms with Crippen molar-refractivity contribution < 1.29 is 14.5 Å². The van der Waals surface area contributed by atoms with Crippen LogP contribution in [0, 0.1) is 10.1 Å². The van der Waals surface area contributed by atoms with E-state index < -0.39 is 4.92 Å². The average Bonchev–Trinajstić information content (AvgIpc) is 3.18. The number of non-ortho nitro benzene ring substituents is 1. The number of benzene rings is 2. The molecule has 0 spiro atoms. The first-order chi connectivity index (χ1) is 14.5. The zero-order chi connectivity index (χ0) is 21.1. The number of nitrogens with one attached hydrogen (secondary N) is 1. The van der Waals surface area contributed by atoms with E-state index in [1.807, 2.05) is 12.1 Å². The number of nitrogens with zero attached hydrogens (tertiary/aromatic N) is 4. The summed E-state index contributed by atoms with van der Waals surface area (Å²) in [6.07, 6.45) is 0. The van der Waals surface area contributed by atoms with Gasteiger partial charge in [-0.2, -0.15) is 0 Å². The lowest BCUT2D eigenvalue weighted by Gasteiger charge is -2.34. The molecule has 9 nitrogen and oxygen atoms in total. The second-order valence-electron chi connectivity index (χ2n) is 6.95. The normalized spacial score (nSPS) is 14.6. The Morgan fingerprint density at radius 2 is 1.93 bits per heavy atom. The van der Waals surface area contributed by atoms with Crippen LogP contribution in [0.5, 0.6) is 5.75 Å². The van der Waals surface area contributed by atoms with Gasteiger partial charge in [0, 0.05) is 44.0 Å². The monoisotopic (exact) mass is 427 g/mol. The summed E-state index contributed by atoms with van der Waals surface area (Å²) in [5.41, 5.74) is 1.58. The standard InChI is InChI=1S/C20H21N5O4S/c1-29-16-5-2-14(3-6-16)21-19(26)13-23-8-10-24(11-9-23)20-22-17-7-4-15(25(27)28)12-18(17)30-20/h2-7,12H,8-11,13H2,1H3,(H,21,26). The summed E-state index contributed by atoms with van der Waals surface area (Å²) >= 11 is 1.46. The number of nitro groups is 1. The van der Waals surface area contributed by atoms with Crippen LogP contribution in [0.4, 0.5) is 16.5 Å². The number of fused-ring (bicyclic) bond motifs is 1. The molecule has 2 aromatic carbocycles. The summed E-state index contributed by atoms with van der Waals surface area (Å²) in [5.74, 6) is 0.689. The van der Waals surface area contributed by atoms with Crippen LogP contribution in [0.15, 0.2) is 42.5 Å². The maximum absolute atomic E-state index is 12.3. The molecule has 4 rings (SSSR count). The minimum absolute atomic E-state index is 0.0547. The van der Waals surface area contributed by atoms with Crippen molar-refractivity contribution in [1.82, 2.24) is 9.88 Å². The van der Waals surface area contributed by atoms with E-state index in [-0.39, 0.29) is 11.6 Å². The average molecular weight is 427 g/mol. The fourth-order valence-electron chi connectivity index (χ4n) is 3.33. The van der Waals surface area contributed by atoms with Gasteiger partial charge in [-0.25, -0.2) is 4.98 Å². The van der Waals surface area contributed by atoms with Gasteiger partial charge in [0.15, 0.2) is 5.13 Å². The largest absolute Gasteiger partial charge is 0.497 e. The Balaban J connectivity index is 1.31. The topological polar surface area (TPSA) is 101 Å². The first kappa shape index (κ1) is 20.0. The minimum atomic E-state index is -0.394. The summed E-state index contributed by atoms with van der Waals surface area (Å²) in [6, 6.07) is 12.0. The van der Waals surface area contributed by atoms with E-state index in [2.05, 4.69) is 20.1 Å². The fourth-order valence-corrected chi connectivity index (χ4v) is 4.38. The van der Waals surface area contributed by atoms with Gasteiger partial charge in [0.05, 0.1) is 28.8 Å². The van der Waals surface area contributed by atoms with Gasteiger partial charge in [-0.1, -0.05) is 11.3 Å². The molecular weight excluding hydrogens is 406 g/mol. The molecule has 1 fully saturated rings. The van der Waals surface area contributed by atoms with Gasteiger partial charge in [0.1, 0.15) is 5.75 Å². The van der Waals surface area contributed by atoms with Gasteiger partial charge in [-0.3, -0.25) is 19.8 Å². The first-order valence-electron chi connectivity index (χ1n) is 9.48. The first-order valence-corrected chi connectivity index (χ1v) is 10.3. The molecule has 1 amide bonds. The molecule has 0 aliphatic carbocycles. The molecule has 1 saturated heterocycles. The number of nitro benzene ring substituents is 1. The number of ether oxygens (including phenoxy) is 1. The van der Waals surface area contributed by atoms with Crippen molar-refractivity contribution in [1.29, 1.82) is 0 Å². The van der Waals surface area contributed by atoms with E-state index >= 15 is 0 Å². The van der Waals surface area contributed by atoms with Crippen molar-refractivity contribution in [2.75, 3.05) is 50.1 Å². The van der Waals surface area contributed by atoms with Crippen molar-refractivity contribution in [3.8, 4) is 5.75 Å². The Morgan fingerprint density at radius 1 is 1.20 bits per heavy atom. The van der Waals surface area contributed by atoms with Crippen LogP contribution in [0.2, 0.25) is 0 Å². The predicted molar refractivity (Wildman–Crippen MR) is 117 cm³/mol. The van der Waals surface area contributed by atoms with Crippen molar-refractivity contribution in [3.63, 3.8) is 0 Å². The quantitative estimate of drug-likeness (QED) is 0.477. The number of anilines is 2. The minimum Gasteiger partial charge on any atom is -0.497 e. The van der Waals surface area contributed by atoms with E-state index in [1.165, 1.54) is 17.4 Å². The van der Waals surface area contributed by atoms with E-state index in [9.17, 15) is 14.9 Å². The van der Waals surface area contributed by atoms with E-state index in [0.29, 0.717) is 6.54 Å². The van der Waals surface area contributed by atoms with Gasteiger partial charge in [-0.15, -0.1) is 0 Å². The highest BCUT2D eigenvalue weighted by molar-refractivity contribution is 7.22. The molecule has 0 unspecified atom stereocenters. The number of aromatic nitrogens is 1. The summed E-state index contributed by atoms with van der Waals surface area (Å²) in [4.78, 5) is 31.8. The van der Waals surface area contributed by atoms with Crippen molar-refractivity contribution >= 4 is 44.0 Å². The molecule has 1 aliphatic heterocycles. The van der Waals surface area contributed by atoms with E-state index in [0.717, 1.165) is 53.0 Å². The zero-order valence-electron chi connectivity index (χ0n) is 16.4. The Kier molecular flexibility index (Phi) is 5.77. The second kappa shape index (κ2) is 8.64. The number of carbonyl (C=O) groups excluding carboxylic acids is 1. The van der Waals surface area contributed by atoms with Gasteiger partial charge in [-0.05, 0) is 30.3 Å².